The number of unbranched alkanes of at least 4 members (excludes halogenated alkanes) is 2. The van der Waals surface area contributed by atoms with Gasteiger partial charge in [-0.25, -0.2) is 0 Å². The molecule has 0 radical (unpaired) electrons. The minimum absolute atomic E-state index is 0.587. The molecule has 0 aliphatic carbocycles. The van der Waals surface area contributed by atoms with E-state index in [4.69, 9.17) is 5.73 Å². The normalized spacial score (nSPS) is 19.1. The number of nitrogens with two attached hydrogens (primary N) is 1. The van der Waals surface area contributed by atoms with Gasteiger partial charge in [0, 0.05) is 25.7 Å². The first kappa shape index (κ1) is 14.9. The molecule has 1 unspecified atom stereocenters. The maximum Gasteiger partial charge on any atom is 0.0215 e. The van der Waals surface area contributed by atoms with E-state index in [1.54, 1.807) is 0 Å². The van der Waals surface area contributed by atoms with Crippen molar-refractivity contribution < 1.29 is 0 Å². The fourth-order valence-electron chi connectivity index (χ4n) is 2.64. The zero-order chi connectivity index (χ0) is 12.5. The molecule has 0 bridgehead atoms. The molecule has 0 spiro atoms. The average molecular weight is 241 g/mol. The lowest BCUT2D eigenvalue weighted by atomic mass is 10.1. The number of likely N-dealkylation sites (tertiary alicyclic amines) is 1. The second-order valence-corrected chi connectivity index (χ2v) is 5.41. The summed E-state index contributed by atoms with van der Waals surface area (Å²) >= 11 is 0. The van der Waals surface area contributed by atoms with E-state index >= 15 is 0 Å². The third-order valence-electron chi connectivity index (χ3n) is 4.00. The van der Waals surface area contributed by atoms with E-state index in [-0.39, 0.29) is 0 Å². The second-order valence-electron chi connectivity index (χ2n) is 5.41. The Morgan fingerprint density at radius 1 is 1.24 bits per heavy atom. The highest BCUT2D eigenvalue weighted by molar-refractivity contribution is 4.73. The minimum atomic E-state index is 0.587. The Kier molecular flexibility index (Phi) is 7.82. The summed E-state index contributed by atoms with van der Waals surface area (Å²) in [6.45, 7) is 8.07. The number of rotatable bonds is 9. The number of hydrogen-bond acceptors (Lipinski definition) is 3. The van der Waals surface area contributed by atoms with Crippen molar-refractivity contribution in [2.24, 2.45) is 5.73 Å². The first-order chi connectivity index (χ1) is 8.27. The van der Waals surface area contributed by atoms with Crippen LogP contribution in [0.4, 0.5) is 0 Å². The molecule has 1 saturated heterocycles. The first-order valence-electron chi connectivity index (χ1n) is 7.40. The van der Waals surface area contributed by atoms with Gasteiger partial charge >= 0.3 is 0 Å². The van der Waals surface area contributed by atoms with Crippen LogP contribution in [0.25, 0.3) is 0 Å². The molecule has 0 aromatic heterocycles. The van der Waals surface area contributed by atoms with Crippen LogP contribution in [-0.2, 0) is 0 Å². The molecule has 102 valence electrons. The Balaban J connectivity index is 2.15. The topological polar surface area (TPSA) is 32.5 Å². The third-order valence-corrected chi connectivity index (χ3v) is 4.00. The number of likely N-dealkylation sites (N-methyl/N-ethyl adjacent to an activating group) is 1. The first-order valence-corrected chi connectivity index (χ1v) is 7.40. The van der Waals surface area contributed by atoms with Crippen molar-refractivity contribution in [3.8, 4) is 0 Å². The maximum absolute atomic E-state index is 5.88. The van der Waals surface area contributed by atoms with Gasteiger partial charge in [0.1, 0.15) is 0 Å². The van der Waals surface area contributed by atoms with E-state index in [2.05, 4.69) is 23.8 Å². The fraction of sp³-hybridized carbons (Fsp3) is 1.00. The highest BCUT2D eigenvalue weighted by Gasteiger charge is 2.15. The lowest BCUT2D eigenvalue weighted by molar-refractivity contribution is 0.198. The standard InChI is InChI=1S/C14H31N3/c1-3-4-5-8-14(13-15)16(2)11-12-17-9-6-7-10-17/h14H,3-13,15H2,1-2H3. The van der Waals surface area contributed by atoms with Gasteiger partial charge in [0.25, 0.3) is 0 Å². The van der Waals surface area contributed by atoms with Gasteiger partial charge in [0.15, 0.2) is 0 Å². The summed E-state index contributed by atoms with van der Waals surface area (Å²) in [5, 5.41) is 0. The Hall–Kier alpha value is -0.120. The highest BCUT2D eigenvalue weighted by atomic mass is 15.2. The lowest BCUT2D eigenvalue weighted by Crippen LogP contribution is -2.41. The molecule has 1 aliphatic rings. The molecule has 17 heavy (non-hydrogen) atoms. The smallest absolute Gasteiger partial charge is 0.0215 e. The van der Waals surface area contributed by atoms with Crippen LogP contribution in [0.5, 0.6) is 0 Å². The molecular formula is C14H31N3. The van der Waals surface area contributed by atoms with E-state index in [0.717, 1.165) is 6.54 Å². The third kappa shape index (κ3) is 5.84. The molecule has 1 atom stereocenters. The number of nitrogens with zero attached hydrogens (tertiary/aromatic N) is 2. The second kappa shape index (κ2) is 8.90. The van der Waals surface area contributed by atoms with E-state index in [0.29, 0.717) is 6.04 Å². The van der Waals surface area contributed by atoms with Crippen LogP contribution in [0.1, 0.15) is 45.4 Å². The van der Waals surface area contributed by atoms with Crippen LogP contribution in [-0.4, -0.2) is 55.6 Å². The van der Waals surface area contributed by atoms with Gasteiger partial charge in [-0.3, -0.25) is 0 Å². The van der Waals surface area contributed by atoms with Crippen LogP contribution in [0.3, 0.4) is 0 Å². The van der Waals surface area contributed by atoms with E-state index in [1.807, 2.05) is 0 Å². The van der Waals surface area contributed by atoms with E-state index in [9.17, 15) is 0 Å². The van der Waals surface area contributed by atoms with Crippen LogP contribution >= 0.6 is 0 Å². The molecular weight excluding hydrogens is 210 g/mol. The quantitative estimate of drug-likeness (QED) is 0.626. The van der Waals surface area contributed by atoms with E-state index in [1.165, 1.54) is 64.7 Å². The molecule has 0 aromatic carbocycles. The molecule has 2 N–H and O–H groups in total. The van der Waals surface area contributed by atoms with E-state index < -0.39 is 0 Å². The zero-order valence-corrected chi connectivity index (χ0v) is 11.8. The molecule has 0 saturated carbocycles. The summed E-state index contributed by atoms with van der Waals surface area (Å²) in [4.78, 5) is 5.05. The van der Waals surface area contributed by atoms with Crippen LogP contribution < -0.4 is 5.73 Å². The summed E-state index contributed by atoms with van der Waals surface area (Å²) in [5.41, 5.74) is 5.88. The van der Waals surface area contributed by atoms with Gasteiger partial charge in [0.2, 0.25) is 0 Å². The largest absolute Gasteiger partial charge is 0.329 e. The van der Waals surface area contributed by atoms with Crippen molar-refractivity contribution in [1.82, 2.24) is 9.80 Å². The Labute approximate surface area is 107 Å². The molecule has 3 heteroatoms. The van der Waals surface area contributed by atoms with Gasteiger partial charge in [-0.15, -0.1) is 0 Å². The van der Waals surface area contributed by atoms with Crippen LogP contribution in [0, 0.1) is 0 Å². The summed E-state index contributed by atoms with van der Waals surface area (Å²) in [5.74, 6) is 0. The average Bonchev–Trinajstić information content (AvgIpc) is 2.85. The van der Waals surface area contributed by atoms with Crippen LogP contribution in [0.15, 0.2) is 0 Å². The molecule has 1 aliphatic heterocycles. The molecule has 3 nitrogen and oxygen atoms in total. The molecule has 1 rings (SSSR count). The fourth-order valence-corrected chi connectivity index (χ4v) is 2.64. The van der Waals surface area contributed by atoms with Crippen molar-refractivity contribution >= 4 is 0 Å². The van der Waals surface area contributed by atoms with Gasteiger partial charge in [-0.1, -0.05) is 26.2 Å². The van der Waals surface area contributed by atoms with Gasteiger partial charge in [-0.05, 0) is 39.4 Å². The summed E-state index contributed by atoms with van der Waals surface area (Å²) in [6.07, 6.45) is 8.01. The minimum Gasteiger partial charge on any atom is -0.329 e. The Bertz CT molecular complexity index is 178. The van der Waals surface area contributed by atoms with Crippen LogP contribution in [0.2, 0.25) is 0 Å². The lowest BCUT2D eigenvalue weighted by Gasteiger charge is -2.28. The Morgan fingerprint density at radius 2 is 1.94 bits per heavy atom. The predicted molar refractivity (Wildman–Crippen MR) is 75.3 cm³/mol. The van der Waals surface area contributed by atoms with Crippen molar-refractivity contribution in [2.45, 2.75) is 51.5 Å². The molecule has 1 fully saturated rings. The van der Waals surface area contributed by atoms with Crippen molar-refractivity contribution in [1.29, 1.82) is 0 Å². The zero-order valence-electron chi connectivity index (χ0n) is 11.8. The SMILES string of the molecule is CCCCCC(CN)N(C)CCN1CCCC1. The summed E-state index contributed by atoms with van der Waals surface area (Å²) in [7, 11) is 2.24. The monoisotopic (exact) mass is 241 g/mol. The Morgan fingerprint density at radius 3 is 2.53 bits per heavy atom. The van der Waals surface area contributed by atoms with Gasteiger partial charge < -0.3 is 15.5 Å². The van der Waals surface area contributed by atoms with Gasteiger partial charge in [0.05, 0.1) is 0 Å². The van der Waals surface area contributed by atoms with Crippen molar-refractivity contribution in [3.63, 3.8) is 0 Å². The predicted octanol–water partition coefficient (Wildman–Crippen LogP) is 1.92. The summed E-state index contributed by atoms with van der Waals surface area (Å²) in [6, 6.07) is 0.587. The highest BCUT2D eigenvalue weighted by Crippen LogP contribution is 2.10. The molecule has 1 heterocycles. The van der Waals surface area contributed by atoms with Gasteiger partial charge in [-0.2, -0.15) is 0 Å². The maximum atomic E-state index is 5.88. The summed E-state index contributed by atoms with van der Waals surface area (Å²) < 4.78 is 0. The van der Waals surface area contributed by atoms with Crippen molar-refractivity contribution in [2.75, 3.05) is 39.8 Å². The van der Waals surface area contributed by atoms with Crippen molar-refractivity contribution in [3.05, 3.63) is 0 Å². The molecule has 0 amide bonds. The number of hydrogen-bond donors (Lipinski definition) is 1. The molecule has 0 aromatic rings.